The van der Waals surface area contributed by atoms with Crippen LogP contribution in [0.25, 0.3) is 0 Å². The largest absolute Gasteiger partial charge is 0.330 e. The number of nitrogens with zero attached hydrogens (tertiary/aromatic N) is 1. The standard InChI is InChI=1S/C17H28N2.ClH/c1-13-9-14(2)17(15(3)10-13)12-19-8-4-5-16(11-19)6-7-18;/h9-10,16H,4-8,11-12,18H2,1-3H3;1H. The molecule has 0 radical (unpaired) electrons. The molecule has 1 fully saturated rings. The fraction of sp³-hybridized carbons (Fsp3) is 0.647. The Bertz CT molecular complexity index is 406. The maximum absolute atomic E-state index is 5.70. The van der Waals surface area contributed by atoms with E-state index in [2.05, 4.69) is 37.8 Å². The molecule has 114 valence electrons. The third kappa shape index (κ3) is 4.47. The van der Waals surface area contributed by atoms with E-state index < -0.39 is 0 Å². The quantitative estimate of drug-likeness (QED) is 0.920. The lowest BCUT2D eigenvalue weighted by molar-refractivity contribution is 0.162. The highest BCUT2D eigenvalue weighted by Gasteiger charge is 2.20. The molecule has 1 aliphatic heterocycles. The van der Waals surface area contributed by atoms with Crippen LogP contribution in [0.5, 0.6) is 0 Å². The summed E-state index contributed by atoms with van der Waals surface area (Å²) in [5, 5.41) is 0. The van der Waals surface area contributed by atoms with Crippen molar-refractivity contribution in [3.63, 3.8) is 0 Å². The maximum Gasteiger partial charge on any atom is 0.0239 e. The lowest BCUT2D eigenvalue weighted by Gasteiger charge is -2.33. The Kier molecular flexibility index (Phi) is 7.01. The van der Waals surface area contributed by atoms with Gasteiger partial charge in [0.15, 0.2) is 0 Å². The minimum absolute atomic E-state index is 0. The van der Waals surface area contributed by atoms with Crippen molar-refractivity contribution in [3.8, 4) is 0 Å². The summed E-state index contributed by atoms with van der Waals surface area (Å²) >= 11 is 0. The smallest absolute Gasteiger partial charge is 0.0239 e. The van der Waals surface area contributed by atoms with Gasteiger partial charge in [0, 0.05) is 13.1 Å². The summed E-state index contributed by atoms with van der Waals surface area (Å²) in [6, 6.07) is 4.62. The highest BCUT2D eigenvalue weighted by Crippen LogP contribution is 2.23. The number of halogens is 1. The SMILES string of the molecule is Cc1cc(C)c(CN2CCCC(CCN)C2)c(C)c1.Cl. The van der Waals surface area contributed by atoms with Crippen molar-refractivity contribution >= 4 is 12.4 Å². The summed E-state index contributed by atoms with van der Waals surface area (Å²) < 4.78 is 0. The molecule has 0 spiro atoms. The van der Waals surface area contributed by atoms with E-state index >= 15 is 0 Å². The Labute approximate surface area is 130 Å². The maximum atomic E-state index is 5.70. The summed E-state index contributed by atoms with van der Waals surface area (Å²) in [5.74, 6) is 0.810. The molecule has 20 heavy (non-hydrogen) atoms. The lowest BCUT2D eigenvalue weighted by atomic mass is 9.93. The van der Waals surface area contributed by atoms with Gasteiger partial charge < -0.3 is 5.73 Å². The molecule has 2 N–H and O–H groups in total. The normalized spacial score (nSPS) is 19.7. The molecule has 3 heteroatoms. The highest BCUT2D eigenvalue weighted by molar-refractivity contribution is 5.85. The molecule has 1 aromatic carbocycles. The average molecular weight is 297 g/mol. The fourth-order valence-corrected chi connectivity index (χ4v) is 3.45. The van der Waals surface area contributed by atoms with Gasteiger partial charge in [0.2, 0.25) is 0 Å². The van der Waals surface area contributed by atoms with E-state index in [1.165, 1.54) is 54.6 Å². The summed E-state index contributed by atoms with van der Waals surface area (Å²) in [6.07, 6.45) is 3.87. The van der Waals surface area contributed by atoms with Crippen LogP contribution in [-0.2, 0) is 6.54 Å². The van der Waals surface area contributed by atoms with E-state index in [4.69, 9.17) is 5.73 Å². The van der Waals surface area contributed by atoms with E-state index in [1.54, 1.807) is 0 Å². The van der Waals surface area contributed by atoms with E-state index in [0.29, 0.717) is 0 Å². The van der Waals surface area contributed by atoms with Crippen molar-refractivity contribution in [2.45, 2.75) is 46.6 Å². The Morgan fingerprint density at radius 3 is 2.45 bits per heavy atom. The summed E-state index contributed by atoms with van der Waals surface area (Å²) in [6.45, 7) is 11.1. The zero-order chi connectivity index (χ0) is 13.8. The molecule has 0 bridgehead atoms. The van der Waals surface area contributed by atoms with Gasteiger partial charge in [-0.1, -0.05) is 17.7 Å². The van der Waals surface area contributed by atoms with Gasteiger partial charge >= 0.3 is 0 Å². The fourth-order valence-electron chi connectivity index (χ4n) is 3.45. The Morgan fingerprint density at radius 1 is 1.20 bits per heavy atom. The van der Waals surface area contributed by atoms with Gasteiger partial charge in [-0.3, -0.25) is 4.90 Å². The first-order chi connectivity index (χ1) is 9.10. The average Bonchev–Trinajstić information content (AvgIpc) is 2.35. The Balaban J connectivity index is 0.00000200. The van der Waals surface area contributed by atoms with Crippen LogP contribution in [0.1, 0.15) is 41.5 Å². The first-order valence-corrected chi connectivity index (χ1v) is 7.59. The van der Waals surface area contributed by atoms with Crippen LogP contribution in [0.4, 0.5) is 0 Å². The van der Waals surface area contributed by atoms with Crippen LogP contribution in [0.3, 0.4) is 0 Å². The van der Waals surface area contributed by atoms with Crippen LogP contribution in [-0.4, -0.2) is 24.5 Å². The number of aryl methyl sites for hydroxylation is 3. The minimum atomic E-state index is 0. The molecule has 1 heterocycles. The number of likely N-dealkylation sites (tertiary alicyclic amines) is 1. The van der Waals surface area contributed by atoms with Gasteiger partial charge in [-0.25, -0.2) is 0 Å². The molecule has 0 amide bonds. The molecule has 1 unspecified atom stereocenters. The number of piperidine rings is 1. The highest BCUT2D eigenvalue weighted by atomic mass is 35.5. The van der Waals surface area contributed by atoms with Crippen molar-refractivity contribution in [1.29, 1.82) is 0 Å². The molecule has 1 saturated heterocycles. The zero-order valence-corrected chi connectivity index (χ0v) is 13.9. The van der Waals surface area contributed by atoms with Crippen LogP contribution in [0.15, 0.2) is 12.1 Å². The molecule has 1 aromatic rings. The van der Waals surface area contributed by atoms with Crippen LogP contribution >= 0.6 is 12.4 Å². The van der Waals surface area contributed by atoms with E-state index in [-0.39, 0.29) is 12.4 Å². The molecular weight excluding hydrogens is 268 g/mol. The molecule has 2 nitrogen and oxygen atoms in total. The summed E-state index contributed by atoms with van der Waals surface area (Å²) in [7, 11) is 0. The van der Waals surface area contributed by atoms with Gasteiger partial charge in [0.1, 0.15) is 0 Å². The third-order valence-electron chi connectivity index (χ3n) is 4.40. The number of hydrogen-bond acceptors (Lipinski definition) is 2. The molecule has 2 rings (SSSR count). The van der Waals surface area contributed by atoms with E-state index in [9.17, 15) is 0 Å². The van der Waals surface area contributed by atoms with E-state index in [0.717, 1.165) is 19.0 Å². The second-order valence-corrected chi connectivity index (χ2v) is 6.20. The predicted molar refractivity (Wildman–Crippen MR) is 89.6 cm³/mol. The number of hydrogen-bond donors (Lipinski definition) is 1. The van der Waals surface area contributed by atoms with Gasteiger partial charge in [0.05, 0.1) is 0 Å². The van der Waals surface area contributed by atoms with Crippen LogP contribution in [0, 0.1) is 26.7 Å². The molecule has 1 atom stereocenters. The molecule has 0 aliphatic carbocycles. The van der Waals surface area contributed by atoms with Gasteiger partial charge in [-0.15, -0.1) is 12.4 Å². The molecule has 0 saturated carbocycles. The van der Waals surface area contributed by atoms with Gasteiger partial charge in [0.25, 0.3) is 0 Å². The van der Waals surface area contributed by atoms with Crippen LogP contribution in [0.2, 0.25) is 0 Å². The monoisotopic (exact) mass is 296 g/mol. The first kappa shape index (κ1) is 17.5. The predicted octanol–water partition coefficient (Wildman–Crippen LogP) is 3.59. The number of nitrogens with two attached hydrogens (primary N) is 1. The first-order valence-electron chi connectivity index (χ1n) is 7.59. The van der Waals surface area contributed by atoms with Gasteiger partial charge in [-0.2, -0.15) is 0 Å². The molecule has 0 aromatic heterocycles. The zero-order valence-electron chi connectivity index (χ0n) is 13.1. The van der Waals surface area contributed by atoms with E-state index in [1.807, 2.05) is 0 Å². The topological polar surface area (TPSA) is 29.3 Å². The molecule has 1 aliphatic rings. The number of benzene rings is 1. The minimum Gasteiger partial charge on any atom is -0.330 e. The van der Waals surface area contributed by atoms with Crippen molar-refractivity contribution in [2.24, 2.45) is 11.7 Å². The Morgan fingerprint density at radius 2 is 1.85 bits per heavy atom. The van der Waals surface area contributed by atoms with Gasteiger partial charge in [-0.05, 0) is 75.7 Å². The third-order valence-corrected chi connectivity index (χ3v) is 4.40. The van der Waals surface area contributed by atoms with Crippen molar-refractivity contribution < 1.29 is 0 Å². The second kappa shape index (κ2) is 8.02. The van der Waals surface area contributed by atoms with Crippen LogP contribution < -0.4 is 5.73 Å². The molecular formula is C17H29ClN2. The lowest BCUT2D eigenvalue weighted by Crippen LogP contribution is -2.36. The summed E-state index contributed by atoms with van der Waals surface area (Å²) in [4.78, 5) is 2.62. The van der Waals surface area contributed by atoms with Crippen molar-refractivity contribution in [3.05, 3.63) is 34.4 Å². The van der Waals surface area contributed by atoms with Crippen molar-refractivity contribution in [2.75, 3.05) is 19.6 Å². The summed E-state index contributed by atoms with van der Waals surface area (Å²) in [5.41, 5.74) is 11.5. The Hall–Kier alpha value is -0.570. The van der Waals surface area contributed by atoms with Crippen molar-refractivity contribution in [1.82, 2.24) is 4.90 Å². The second-order valence-electron chi connectivity index (χ2n) is 6.20. The number of rotatable bonds is 4.